The number of hydrogen-bond donors (Lipinski definition) is 1. The Morgan fingerprint density at radius 1 is 1.17 bits per heavy atom. The van der Waals surface area contributed by atoms with Gasteiger partial charge < -0.3 is 14.7 Å². The fraction of sp³-hybridized carbons (Fsp3) is 0.263. The first-order valence-electron chi connectivity index (χ1n) is 7.86. The Labute approximate surface area is 140 Å². The summed E-state index contributed by atoms with van der Waals surface area (Å²) in [5, 5.41) is 12.5. The van der Waals surface area contributed by atoms with Gasteiger partial charge in [-0.3, -0.25) is 0 Å². The second-order valence-corrected chi connectivity index (χ2v) is 5.63. The van der Waals surface area contributed by atoms with Crippen molar-refractivity contribution in [2.45, 2.75) is 25.9 Å². The zero-order chi connectivity index (χ0) is 16.9. The fourth-order valence-electron chi connectivity index (χ4n) is 3.01. The van der Waals surface area contributed by atoms with Crippen molar-refractivity contribution in [3.8, 4) is 5.75 Å². The number of methoxy groups -OCH3 is 1. The molecule has 3 rings (SSSR count). The van der Waals surface area contributed by atoms with E-state index in [0.717, 1.165) is 29.5 Å². The van der Waals surface area contributed by atoms with E-state index in [0.29, 0.717) is 30.1 Å². The average Bonchev–Trinajstić information content (AvgIpc) is 2.65. The van der Waals surface area contributed by atoms with Crippen molar-refractivity contribution >= 4 is 11.7 Å². The number of fused-ring (bicyclic) bond motifs is 1. The Morgan fingerprint density at radius 2 is 1.96 bits per heavy atom. The van der Waals surface area contributed by atoms with Gasteiger partial charge >= 0.3 is 5.97 Å². The maximum atomic E-state index is 12.3. The Balaban J connectivity index is 1.98. The molecule has 1 aliphatic rings. The first kappa shape index (κ1) is 16.1. The predicted octanol–water partition coefficient (Wildman–Crippen LogP) is 3.57. The molecule has 0 spiro atoms. The van der Waals surface area contributed by atoms with Gasteiger partial charge in [-0.2, -0.15) is 0 Å². The highest BCUT2D eigenvalue weighted by molar-refractivity contribution is 6.06. The molecule has 5 heteroatoms. The lowest BCUT2D eigenvalue weighted by Gasteiger charge is -2.21. The molecule has 0 radical (unpaired) electrons. The summed E-state index contributed by atoms with van der Waals surface area (Å²) < 4.78 is 10.8. The number of rotatable bonds is 4. The van der Waals surface area contributed by atoms with Crippen molar-refractivity contribution in [3.05, 3.63) is 64.7 Å². The third-order valence-electron chi connectivity index (χ3n) is 4.17. The molecule has 0 amide bonds. The van der Waals surface area contributed by atoms with Crippen LogP contribution in [0.3, 0.4) is 0 Å². The molecule has 0 aliphatic heterocycles. The number of esters is 1. The Kier molecular flexibility index (Phi) is 4.79. The lowest BCUT2D eigenvalue weighted by molar-refractivity contribution is 0.0594. The third-order valence-corrected chi connectivity index (χ3v) is 4.17. The minimum atomic E-state index is -0.436. The standard InChI is InChI=1S/C19H19NO4/c1-23-19(21)18-15-8-5-9-16(20-22)14(15)10-11-17(18)24-12-13-6-3-2-4-7-13/h2-4,6-7,10-11,22H,5,8-9,12H2,1H3/b20-16-. The molecular formula is C19H19NO4. The number of hydrogen-bond acceptors (Lipinski definition) is 5. The smallest absolute Gasteiger partial charge is 0.341 e. The van der Waals surface area contributed by atoms with Gasteiger partial charge in [0.15, 0.2) is 0 Å². The highest BCUT2D eigenvalue weighted by Gasteiger charge is 2.26. The lowest BCUT2D eigenvalue weighted by atomic mass is 9.86. The normalized spacial score (nSPS) is 15.0. The summed E-state index contributed by atoms with van der Waals surface area (Å²) >= 11 is 0. The zero-order valence-corrected chi connectivity index (χ0v) is 13.5. The minimum absolute atomic E-state index is 0.366. The van der Waals surface area contributed by atoms with Crippen molar-refractivity contribution in [3.63, 3.8) is 0 Å². The first-order valence-corrected chi connectivity index (χ1v) is 7.86. The van der Waals surface area contributed by atoms with E-state index in [1.165, 1.54) is 7.11 Å². The summed E-state index contributed by atoms with van der Waals surface area (Å²) in [6.07, 6.45) is 2.23. The Morgan fingerprint density at radius 3 is 2.67 bits per heavy atom. The summed E-state index contributed by atoms with van der Waals surface area (Å²) in [4.78, 5) is 12.3. The van der Waals surface area contributed by atoms with E-state index in [1.807, 2.05) is 36.4 Å². The van der Waals surface area contributed by atoms with Gasteiger partial charge in [0.25, 0.3) is 0 Å². The van der Waals surface area contributed by atoms with Crippen molar-refractivity contribution in [2.75, 3.05) is 7.11 Å². The van der Waals surface area contributed by atoms with E-state index in [-0.39, 0.29) is 0 Å². The summed E-state index contributed by atoms with van der Waals surface area (Å²) in [6, 6.07) is 13.3. The van der Waals surface area contributed by atoms with Gasteiger partial charge in [0, 0.05) is 5.56 Å². The van der Waals surface area contributed by atoms with Crippen molar-refractivity contribution in [1.82, 2.24) is 0 Å². The molecule has 124 valence electrons. The number of ether oxygens (including phenoxy) is 2. The van der Waals surface area contributed by atoms with Gasteiger partial charge in [-0.15, -0.1) is 0 Å². The summed E-state index contributed by atoms with van der Waals surface area (Å²) in [5.74, 6) is 0.0535. The molecule has 0 fully saturated rings. The number of carbonyl (C=O) groups is 1. The van der Waals surface area contributed by atoms with Gasteiger partial charge in [-0.1, -0.05) is 35.5 Å². The summed E-state index contributed by atoms with van der Waals surface area (Å²) in [5.41, 5.74) is 3.65. The van der Waals surface area contributed by atoms with Crippen LogP contribution in [0.15, 0.2) is 47.6 Å². The van der Waals surface area contributed by atoms with E-state index in [1.54, 1.807) is 6.07 Å². The molecule has 0 atom stereocenters. The Bertz CT molecular complexity index is 768. The topological polar surface area (TPSA) is 68.1 Å². The zero-order valence-electron chi connectivity index (χ0n) is 13.5. The molecule has 0 bridgehead atoms. The van der Waals surface area contributed by atoms with E-state index in [9.17, 15) is 10.0 Å². The molecule has 0 unspecified atom stereocenters. The van der Waals surface area contributed by atoms with Gasteiger partial charge in [0.2, 0.25) is 0 Å². The van der Waals surface area contributed by atoms with Crippen LogP contribution in [0.25, 0.3) is 0 Å². The van der Waals surface area contributed by atoms with Crippen molar-refractivity contribution in [2.24, 2.45) is 5.16 Å². The minimum Gasteiger partial charge on any atom is -0.488 e. The number of carbonyl (C=O) groups excluding carboxylic acids is 1. The van der Waals surface area contributed by atoms with Gasteiger partial charge in [-0.25, -0.2) is 4.79 Å². The molecular weight excluding hydrogens is 306 g/mol. The van der Waals surface area contributed by atoms with Crippen LogP contribution in [0.5, 0.6) is 5.75 Å². The molecule has 0 saturated carbocycles. The van der Waals surface area contributed by atoms with Crippen LogP contribution in [-0.2, 0) is 17.8 Å². The van der Waals surface area contributed by atoms with Crippen LogP contribution in [-0.4, -0.2) is 24.0 Å². The number of oxime groups is 1. The number of nitrogens with zero attached hydrogens (tertiary/aromatic N) is 1. The SMILES string of the molecule is COC(=O)c1c(OCc2ccccc2)ccc2c1CCC/C2=N/O. The van der Waals surface area contributed by atoms with Crippen LogP contribution in [0.2, 0.25) is 0 Å². The van der Waals surface area contributed by atoms with Gasteiger partial charge in [0.1, 0.15) is 17.9 Å². The van der Waals surface area contributed by atoms with Crippen molar-refractivity contribution < 1.29 is 19.5 Å². The summed E-state index contributed by atoms with van der Waals surface area (Å²) in [7, 11) is 1.35. The first-order chi connectivity index (χ1) is 11.7. The highest BCUT2D eigenvalue weighted by atomic mass is 16.5. The average molecular weight is 325 g/mol. The molecule has 0 aromatic heterocycles. The lowest BCUT2D eigenvalue weighted by Crippen LogP contribution is -2.18. The maximum Gasteiger partial charge on any atom is 0.341 e. The van der Waals surface area contributed by atoms with Gasteiger partial charge in [0.05, 0.1) is 12.8 Å². The predicted molar refractivity (Wildman–Crippen MR) is 89.8 cm³/mol. The summed E-state index contributed by atoms with van der Waals surface area (Å²) in [6.45, 7) is 0.366. The molecule has 2 aromatic carbocycles. The quantitative estimate of drug-likeness (QED) is 0.530. The van der Waals surface area contributed by atoms with Crippen LogP contribution in [0.1, 0.15) is 39.9 Å². The largest absolute Gasteiger partial charge is 0.488 e. The Hall–Kier alpha value is -2.82. The van der Waals surface area contributed by atoms with Crippen LogP contribution >= 0.6 is 0 Å². The molecule has 1 aliphatic carbocycles. The van der Waals surface area contributed by atoms with Gasteiger partial charge in [-0.05, 0) is 42.5 Å². The van der Waals surface area contributed by atoms with E-state index >= 15 is 0 Å². The van der Waals surface area contributed by atoms with Crippen molar-refractivity contribution in [1.29, 1.82) is 0 Å². The highest BCUT2D eigenvalue weighted by Crippen LogP contribution is 2.32. The van der Waals surface area contributed by atoms with Crippen LogP contribution in [0, 0.1) is 0 Å². The van der Waals surface area contributed by atoms with Crippen LogP contribution in [0.4, 0.5) is 0 Å². The molecule has 1 N–H and O–H groups in total. The molecule has 5 nitrogen and oxygen atoms in total. The molecule has 0 saturated heterocycles. The van der Waals surface area contributed by atoms with E-state index < -0.39 is 5.97 Å². The number of benzene rings is 2. The maximum absolute atomic E-state index is 12.3. The molecule has 0 heterocycles. The van der Waals surface area contributed by atoms with E-state index in [2.05, 4.69) is 5.16 Å². The third kappa shape index (κ3) is 3.11. The molecule has 24 heavy (non-hydrogen) atoms. The second kappa shape index (κ2) is 7.17. The second-order valence-electron chi connectivity index (χ2n) is 5.63. The molecule has 2 aromatic rings. The monoisotopic (exact) mass is 325 g/mol. The van der Waals surface area contributed by atoms with E-state index in [4.69, 9.17) is 9.47 Å². The van der Waals surface area contributed by atoms with Crippen LogP contribution < -0.4 is 4.74 Å². The fourth-order valence-corrected chi connectivity index (χ4v) is 3.01.